The fraction of sp³-hybridized carbons (Fsp3) is 1.00. The quantitative estimate of drug-likeness (QED) is 0.418. The molecule has 14 heavy (non-hydrogen) atoms. The van der Waals surface area contributed by atoms with Gasteiger partial charge in [0.05, 0.1) is 0 Å². The zero-order valence-corrected chi connectivity index (χ0v) is 8.04. The van der Waals surface area contributed by atoms with Gasteiger partial charge >= 0.3 is 0 Å². The van der Waals surface area contributed by atoms with Gasteiger partial charge in [0.25, 0.3) is 0 Å². The molecule has 0 unspecified atom stereocenters. The molecule has 6 heteroatoms. The Bertz CT molecular complexity index is 175. The lowest BCUT2D eigenvalue weighted by Crippen LogP contribution is -2.59. The zero-order valence-electron chi connectivity index (χ0n) is 8.04. The number of aliphatic hydroxyl groups excluding tert-OH is 3. The third-order valence-corrected chi connectivity index (χ3v) is 2.23. The van der Waals surface area contributed by atoms with Crippen molar-refractivity contribution in [1.29, 1.82) is 0 Å². The Hall–Kier alpha value is -0.240. The van der Waals surface area contributed by atoms with E-state index in [0.717, 1.165) is 0 Å². The van der Waals surface area contributed by atoms with Crippen LogP contribution in [0.1, 0.15) is 6.92 Å². The van der Waals surface area contributed by atoms with Crippen LogP contribution in [0.2, 0.25) is 0 Å². The molecule has 5 atom stereocenters. The molecular formula is C8H17NO5. The Morgan fingerprint density at radius 2 is 1.86 bits per heavy atom. The first-order chi connectivity index (χ1) is 6.61. The second-order valence-corrected chi connectivity index (χ2v) is 3.21. The van der Waals surface area contributed by atoms with Crippen LogP contribution in [0.5, 0.6) is 0 Å². The minimum atomic E-state index is -1.28. The third kappa shape index (κ3) is 2.22. The van der Waals surface area contributed by atoms with Gasteiger partial charge in [-0.2, -0.15) is 0 Å². The normalized spacial score (nSPS) is 43.9. The van der Waals surface area contributed by atoms with Gasteiger partial charge in [-0.3, -0.25) is 0 Å². The molecule has 0 aromatic carbocycles. The van der Waals surface area contributed by atoms with E-state index in [0.29, 0.717) is 6.61 Å². The highest BCUT2D eigenvalue weighted by Crippen LogP contribution is 2.21. The van der Waals surface area contributed by atoms with Gasteiger partial charge in [0.1, 0.15) is 24.4 Å². The molecular weight excluding hydrogens is 190 g/mol. The SMILES string of the molecule is CCO[C@H]1O[C@H](CN)[C@@H](O)[C@H](O)[C@H]1O. The van der Waals surface area contributed by atoms with Crippen molar-refractivity contribution in [1.82, 2.24) is 0 Å². The molecule has 0 aromatic rings. The topological polar surface area (TPSA) is 105 Å². The maximum atomic E-state index is 9.45. The van der Waals surface area contributed by atoms with E-state index < -0.39 is 30.7 Å². The van der Waals surface area contributed by atoms with Crippen molar-refractivity contribution in [2.45, 2.75) is 37.6 Å². The standard InChI is InChI=1S/C8H17NO5/c1-2-13-8-7(12)6(11)5(10)4(3-9)14-8/h4-8,10-12H,2-3,9H2,1H3/t4-,5-,6+,7-,8+/m1/s1. The fourth-order valence-electron chi connectivity index (χ4n) is 1.41. The minimum absolute atomic E-state index is 0.0640. The molecule has 0 aliphatic carbocycles. The van der Waals surface area contributed by atoms with Crippen LogP contribution >= 0.6 is 0 Å². The summed E-state index contributed by atoms with van der Waals surface area (Å²) in [5.41, 5.74) is 5.33. The van der Waals surface area contributed by atoms with Gasteiger partial charge in [0.15, 0.2) is 6.29 Å². The lowest BCUT2D eigenvalue weighted by molar-refractivity contribution is -0.293. The van der Waals surface area contributed by atoms with Crippen LogP contribution in [0.4, 0.5) is 0 Å². The van der Waals surface area contributed by atoms with E-state index in [-0.39, 0.29) is 6.54 Å². The number of rotatable bonds is 3. The Morgan fingerprint density at radius 3 is 2.36 bits per heavy atom. The summed E-state index contributed by atoms with van der Waals surface area (Å²) < 4.78 is 10.2. The number of aliphatic hydroxyl groups is 3. The van der Waals surface area contributed by atoms with Crippen molar-refractivity contribution in [2.24, 2.45) is 5.73 Å². The second-order valence-electron chi connectivity index (χ2n) is 3.21. The molecule has 1 rings (SSSR count). The summed E-state index contributed by atoms with van der Waals surface area (Å²) in [6.07, 6.45) is -5.33. The summed E-state index contributed by atoms with van der Waals surface area (Å²) in [5, 5.41) is 28.3. The third-order valence-electron chi connectivity index (χ3n) is 2.23. The maximum absolute atomic E-state index is 9.45. The summed E-state index contributed by atoms with van der Waals surface area (Å²) in [6, 6.07) is 0. The van der Waals surface area contributed by atoms with E-state index >= 15 is 0 Å². The van der Waals surface area contributed by atoms with E-state index in [1.165, 1.54) is 0 Å². The monoisotopic (exact) mass is 207 g/mol. The summed E-state index contributed by atoms with van der Waals surface area (Å²) in [5.74, 6) is 0. The van der Waals surface area contributed by atoms with Gasteiger partial charge < -0.3 is 30.5 Å². The van der Waals surface area contributed by atoms with Gasteiger partial charge in [-0.25, -0.2) is 0 Å². The van der Waals surface area contributed by atoms with Gasteiger partial charge in [-0.05, 0) is 6.92 Å². The molecule has 0 radical (unpaired) electrons. The molecule has 0 saturated carbocycles. The number of ether oxygens (including phenoxy) is 2. The predicted molar refractivity (Wildman–Crippen MR) is 47.4 cm³/mol. The van der Waals surface area contributed by atoms with Crippen LogP contribution in [0.15, 0.2) is 0 Å². The van der Waals surface area contributed by atoms with Crippen molar-refractivity contribution >= 4 is 0 Å². The molecule has 6 nitrogen and oxygen atoms in total. The highest BCUT2D eigenvalue weighted by Gasteiger charge is 2.43. The lowest BCUT2D eigenvalue weighted by Gasteiger charge is -2.39. The number of hydrogen-bond donors (Lipinski definition) is 4. The molecule has 0 bridgehead atoms. The first kappa shape index (κ1) is 11.8. The fourth-order valence-corrected chi connectivity index (χ4v) is 1.41. The highest BCUT2D eigenvalue weighted by molar-refractivity contribution is 4.89. The predicted octanol–water partition coefficient (Wildman–Crippen LogP) is -2.21. The van der Waals surface area contributed by atoms with Crippen LogP contribution in [-0.4, -0.2) is 59.2 Å². The van der Waals surface area contributed by atoms with Crippen LogP contribution in [0.3, 0.4) is 0 Å². The smallest absolute Gasteiger partial charge is 0.186 e. The second kappa shape index (κ2) is 5.01. The average molecular weight is 207 g/mol. The largest absolute Gasteiger partial charge is 0.388 e. The minimum Gasteiger partial charge on any atom is -0.388 e. The maximum Gasteiger partial charge on any atom is 0.186 e. The van der Waals surface area contributed by atoms with Crippen molar-refractivity contribution in [3.63, 3.8) is 0 Å². The Morgan fingerprint density at radius 1 is 1.21 bits per heavy atom. The molecule has 1 aliphatic rings. The molecule has 0 amide bonds. The molecule has 84 valence electrons. The van der Waals surface area contributed by atoms with Crippen LogP contribution < -0.4 is 5.73 Å². The Balaban J connectivity index is 2.63. The van der Waals surface area contributed by atoms with Gasteiger partial charge in [-0.15, -0.1) is 0 Å². The lowest BCUT2D eigenvalue weighted by atomic mass is 9.99. The first-order valence-corrected chi connectivity index (χ1v) is 4.63. The molecule has 0 aromatic heterocycles. The highest BCUT2D eigenvalue weighted by atomic mass is 16.7. The average Bonchev–Trinajstić information content (AvgIpc) is 2.19. The van der Waals surface area contributed by atoms with Crippen molar-refractivity contribution < 1.29 is 24.8 Å². The molecule has 1 aliphatic heterocycles. The van der Waals surface area contributed by atoms with E-state index in [1.54, 1.807) is 6.92 Å². The van der Waals surface area contributed by atoms with Gasteiger partial charge in [0, 0.05) is 13.2 Å². The van der Waals surface area contributed by atoms with Gasteiger partial charge in [-0.1, -0.05) is 0 Å². The van der Waals surface area contributed by atoms with E-state index in [9.17, 15) is 15.3 Å². The molecule has 1 fully saturated rings. The Kier molecular flexibility index (Phi) is 4.24. The van der Waals surface area contributed by atoms with Crippen molar-refractivity contribution in [3.8, 4) is 0 Å². The van der Waals surface area contributed by atoms with Gasteiger partial charge in [0.2, 0.25) is 0 Å². The van der Waals surface area contributed by atoms with Crippen LogP contribution in [0, 0.1) is 0 Å². The van der Waals surface area contributed by atoms with Crippen molar-refractivity contribution in [2.75, 3.05) is 13.2 Å². The van der Waals surface area contributed by atoms with E-state index in [2.05, 4.69) is 0 Å². The van der Waals surface area contributed by atoms with Crippen LogP contribution in [-0.2, 0) is 9.47 Å². The number of nitrogens with two attached hydrogens (primary N) is 1. The summed E-state index contributed by atoms with van der Waals surface area (Å²) in [4.78, 5) is 0. The molecule has 0 spiro atoms. The molecule has 1 saturated heterocycles. The number of hydrogen-bond acceptors (Lipinski definition) is 6. The first-order valence-electron chi connectivity index (χ1n) is 4.63. The van der Waals surface area contributed by atoms with Crippen molar-refractivity contribution in [3.05, 3.63) is 0 Å². The molecule has 1 heterocycles. The summed E-state index contributed by atoms with van der Waals surface area (Å²) in [7, 11) is 0. The molecule has 5 N–H and O–H groups in total. The summed E-state index contributed by atoms with van der Waals surface area (Å²) in [6.45, 7) is 2.15. The van der Waals surface area contributed by atoms with Crippen LogP contribution in [0.25, 0.3) is 0 Å². The van der Waals surface area contributed by atoms with E-state index in [4.69, 9.17) is 15.2 Å². The summed E-state index contributed by atoms with van der Waals surface area (Å²) >= 11 is 0. The Labute approximate surface area is 82.2 Å². The van der Waals surface area contributed by atoms with E-state index in [1.807, 2.05) is 0 Å². The zero-order chi connectivity index (χ0) is 10.7.